The summed E-state index contributed by atoms with van der Waals surface area (Å²) < 4.78 is 39.6. The lowest BCUT2D eigenvalue weighted by Gasteiger charge is -2.09. The average Bonchev–Trinajstić information content (AvgIpc) is 3.18. The second-order valence-corrected chi connectivity index (χ2v) is 6.67. The van der Waals surface area contributed by atoms with Gasteiger partial charge in [0.15, 0.2) is 11.5 Å². The number of anilines is 1. The average molecular weight is 453 g/mol. The van der Waals surface area contributed by atoms with Gasteiger partial charge in [0.1, 0.15) is 18.1 Å². The van der Waals surface area contributed by atoms with Crippen LogP contribution < -0.4 is 14.8 Å². The van der Waals surface area contributed by atoms with Crippen molar-refractivity contribution >= 4 is 28.9 Å². The van der Waals surface area contributed by atoms with E-state index < -0.39 is 17.4 Å². The Bertz CT molecular complexity index is 1120. The Labute approximate surface area is 179 Å². The van der Waals surface area contributed by atoms with E-state index in [1.807, 2.05) is 0 Å². The summed E-state index contributed by atoms with van der Waals surface area (Å²) in [5, 5.41) is 13.5. The van der Waals surface area contributed by atoms with Gasteiger partial charge in [-0.1, -0.05) is 17.7 Å². The third kappa shape index (κ3) is 5.70. The van der Waals surface area contributed by atoms with Crippen LogP contribution in [-0.2, 0) is 6.61 Å². The summed E-state index contributed by atoms with van der Waals surface area (Å²) in [6, 6.07) is 11.2. The second kappa shape index (κ2) is 9.43. The molecule has 0 aliphatic rings. The molecule has 0 saturated heterocycles. The van der Waals surface area contributed by atoms with E-state index in [0.717, 1.165) is 0 Å². The molecule has 0 radical (unpaired) electrons. The molecule has 162 valence electrons. The van der Waals surface area contributed by atoms with E-state index in [4.69, 9.17) is 20.8 Å². The molecule has 0 bridgehead atoms. The lowest BCUT2D eigenvalue weighted by molar-refractivity contribution is -0.386. The summed E-state index contributed by atoms with van der Waals surface area (Å²) in [6.45, 7) is -1.44. The Morgan fingerprint density at radius 3 is 2.61 bits per heavy atom. The highest BCUT2D eigenvalue weighted by atomic mass is 35.5. The van der Waals surface area contributed by atoms with E-state index >= 15 is 0 Å². The lowest BCUT2D eigenvalue weighted by Crippen LogP contribution is -2.11. The van der Waals surface area contributed by atoms with Gasteiger partial charge in [-0.3, -0.25) is 14.9 Å². The summed E-state index contributed by atoms with van der Waals surface area (Å²) in [7, 11) is 0. The number of alkyl halides is 2. The summed E-state index contributed by atoms with van der Waals surface area (Å²) in [5.41, 5.74) is 0.770. The summed E-state index contributed by atoms with van der Waals surface area (Å²) in [4.78, 5) is 22.9. The van der Waals surface area contributed by atoms with Gasteiger partial charge in [-0.2, -0.15) is 8.78 Å². The van der Waals surface area contributed by atoms with Crippen molar-refractivity contribution in [2.75, 3.05) is 5.32 Å². The van der Waals surface area contributed by atoms with Crippen molar-refractivity contribution < 1.29 is 32.4 Å². The van der Waals surface area contributed by atoms with Crippen LogP contribution in [0.1, 0.15) is 21.9 Å². The molecule has 1 aromatic heterocycles. The number of nitrogens with one attached hydrogen (secondary N) is 1. The summed E-state index contributed by atoms with van der Waals surface area (Å²) in [6.07, 6.45) is 0. The Hall–Kier alpha value is -3.66. The molecule has 1 amide bonds. The Morgan fingerprint density at radius 1 is 1.19 bits per heavy atom. The van der Waals surface area contributed by atoms with E-state index in [2.05, 4.69) is 10.1 Å². The molecular formula is C20H15ClF2N2O6. The number of amides is 1. The van der Waals surface area contributed by atoms with E-state index in [0.29, 0.717) is 5.56 Å². The van der Waals surface area contributed by atoms with E-state index in [-0.39, 0.29) is 46.0 Å². The van der Waals surface area contributed by atoms with E-state index in [1.165, 1.54) is 42.5 Å². The number of nitrogens with zero attached hydrogens (tertiary/aromatic N) is 1. The first-order valence-corrected chi connectivity index (χ1v) is 9.13. The van der Waals surface area contributed by atoms with Crippen LogP contribution in [0.2, 0.25) is 5.02 Å². The number of nitro benzene ring substituents is 1. The Kier molecular flexibility index (Phi) is 6.71. The van der Waals surface area contributed by atoms with Crippen LogP contribution in [0.25, 0.3) is 0 Å². The van der Waals surface area contributed by atoms with E-state index in [1.54, 1.807) is 13.0 Å². The van der Waals surface area contributed by atoms with Crippen molar-refractivity contribution in [1.82, 2.24) is 0 Å². The number of rotatable bonds is 8. The normalized spacial score (nSPS) is 10.7. The number of halogens is 3. The number of hydrogen-bond acceptors (Lipinski definition) is 6. The van der Waals surface area contributed by atoms with Gasteiger partial charge in [0.2, 0.25) is 0 Å². The minimum Gasteiger partial charge on any atom is -0.479 e. The number of aryl methyl sites for hydroxylation is 1. The highest BCUT2D eigenvalue weighted by molar-refractivity contribution is 6.32. The lowest BCUT2D eigenvalue weighted by atomic mass is 10.2. The molecule has 8 nitrogen and oxygen atoms in total. The minimum absolute atomic E-state index is 0.0546. The zero-order valence-corrected chi connectivity index (χ0v) is 16.7. The number of hydrogen-bond donors (Lipinski definition) is 1. The molecule has 3 rings (SSSR count). The zero-order valence-electron chi connectivity index (χ0n) is 15.9. The van der Waals surface area contributed by atoms with E-state index in [9.17, 15) is 23.7 Å². The van der Waals surface area contributed by atoms with Crippen LogP contribution in [0.3, 0.4) is 0 Å². The number of benzene rings is 2. The highest BCUT2D eigenvalue weighted by Gasteiger charge is 2.17. The van der Waals surface area contributed by atoms with Gasteiger partial charge in [-0.15, -0.1) is 0 Å². The molecule has 0 unspecified atom stereocenters. The van der Waals surface area contributed by atoms with Crippen LogP contribution in [0.4, 0.5) is 20.2 Å². The van der Waals surface area contributed by atoms with Crippen molar-refractivity contribution in [1.29, 1.82) is 0 Å². The first-order valence-electron chi connectivity index (χ1n) is 8.75. The number of carbonyl (C=O) groups excluding carboxylic acids is 1. The molecule has 0 spiro atoms. The number of furan rings is 1. The predicted octanol–water partition coefficient (Wildman–Crippen LogP) is 5.58. The molecule has 0 aliphatic heterocycles. The summed E-state index contributed by atoms with van der Waals surface area (Å²) >= 11 is 5.85. The minimum atomic E-state index is -3.02. The quantitative estimate of drug-likeness (QED) is 0.353. The van der Waals surface area contributed by atoms with Gasteiger partial charge < -0.3 is 19.2 Å². The zero-order chi connectivity index (χ0) is 22.5. The third-order valence-electron chi connectivity index (χ3n) is 3.97. The van der Waals surface area contributed by atoms with Gasteiger partial charge in [0.25, 0.3) is 5.91 Å². The van der Waals surface area contributed by atoms with Gasteiger partial charge in [-0.25, -0.2) is 0 Å². The molecule has 0 saturated carbocycles. The van der Waals surface area contributed by atoms with Crippen LogP contribution in [0.5, 0.6) is 11.5 Å². The predicted molar refractivity (Wildman–Crippen MR) is 107 cm³/mol. The molecule has 11 heteroatoms. The summed E-state index contributed by atoms with van der Waals surface area (Å²) in [5.74, 6) is -0.568. The number of carbonyl (C=O) groups is 1. The van der Waals surface area contributed by atoms with Crippen LogP contribution in [0, 0.1) is 17.0 Å². The van der Waals surface area contributed by atoms with Crippen LogP contribution in [0.15, 0.2) is 52.9 Å². The smallest absolute Gasteiger partial charge is 0.387 e. The van der Waals surface area contributed by atoms with Gasteiger partial charge >= 0.3 is 12.3 Å². The van der Waals surface area contributed by atoms with Gasteiger partial charge in [0.05, 0.1) is 9.95 Å². The largest absolute Gasteiger partial charge is 0.479 e. The first kappa shape index (κ1) is 22.0. The highest BCUT2D eigenvalue weighted by Crippen LogP contribution is 2.30. The number of nitro groups is 1. The SMILES string of the molecule is Cc1ccc(OCc2ccc(C(=O)Nc3ccc(OC(F)F)c(Cl)c3)o2)c([N+](=O)[O-])c1. The fourth-order valence-corrected chi connectivity index (χ4v) is 2.81. The maximum atomic E-state index is 12.3. The maximum Gasteiger partial charge on any atom is 0.387 e. The van der Waals surface area contributed by atoms with Crippen molar-refractivity contribution in [3.8, 4) is 11.5 Å². The molecule has 1 N–H and O–H groups in total. The van der Waals surface area contributed by atoms with Crippen molar-refractivity contribution in [3.05, 3.63) is 80.8 Å². The molecule has 0 fully saturated rings. The second-order valence-electron chi connectivity index (χ2n) is 6.26. The van der Waals surface area contributed by atoms with Crippen molar-refractivity contribution in [3.63, 3.8) is 0 Å². The van der Waals surface area contributed by atoms with Crippen molar-refractivity contribution in [2.45, 2.75) is 20.1 Å². The third-order valence-corrected chi connectivity index (χ3v) is 4.27. The molecule has 3 aromatic rings. The molecule has 0 aliphatic carbocycles. The topological polar surface area (TPSA) is 104 Å². The Morgan fingerprint density at radius 2 is 1.94 bits per heavy atom. The Balaban J connectivity index is 1.64. The van der Waals surface area contributed by atoms with Gasteiger partial charge in [0, 0.05) is 11.8 Å². The monoisotopic (exact) mass is 452 g/mol. The molecular weight excluding hydrogens is 438 g/mol. The molecule has 2 aromatic carbocycles. The van der Waals surface area contributed by atoms with Crippen molar-refractivity contribution in [2.24, 2.45) is 0 Å². The fraction of sp³-hybridized carbons (Fsp3) is 0.150. The van der Waals surface area contributed by atoms with Crippen LogP contribution >= 0.6 is 11.6 Å². The fourth-order valence-electron chi connectivity index (χ4n) is 2.58. The maximum absolute atomic E-state index is 12.3. The molecule has 0 atom stereocenters. The first-order chi connectivity index (χ1) is 14.7. The van der Waals surface area contributed by atoms with Gasteiger partial charge in [-0.05, 0) is 48.9 Å². The standard InChI is InChI=1S/C20H15ClF2N2O6/c1-11-2-5-17(15(8-11)25(27)28)29-10-13-4-7-18(30-13)19(26)24-12-3-6-16(14(21)9-12)31-20(22)23/h2-9,20H,10H2,1H3,(H,24,26). The number of ether oxygens (including phenoxy) is 2. The molecule has 31 heavy (non-hydrogen) atoms. The molecule has 1 heterocycles. The van der Waals surface area contributed by atoms with Crippen LogP contribution in [-0.4, -0.2) is 17.4 Å².